The molecule has 4 rings (SSSR count). The van der Waals surface area contributed by atoms with Crippen LogP contribution in [0.1, 0.15) is 16.6 Å². The van der Waals surface area contributed by atoms with Crippen LogP contribution in [-0.2, 0) is 14.4 Å². The van der Waals surface area contributed by atoms with Crippen LogP contribution in [0, 0.1) is 5.92 Å². The SMILES string of the molecule is O=C(O)CN1C(=O)C2Sc3[nH]c(=O)sc3[C@@H](c3ccco3)C2C1=O. The molecular formula is C14H10N2O6S2. The highest BCUT2D eigenvalue weighted by molar-refractivity contribution is 8.00. The second-order valence-electron chi connectivity index (χ2n) is 5.42. The Hall–Kier alpha value is -2.33. The number of fused-ring (bicyclic) bond motifs is 2. The van der Waals surface area contributed by atoms with Gasteiger partial charge in [0.15, 0.2) is 0 Å². The van der Waals surface area contributed by atoms with Crippen LogP contribution in [-0.4, -0.2) is 44.6 Å². The predicted molar refractivity (Wildman–Crippen MR) is 83.0 cm³/mol. The molecule has 2 N–H and O–H groups in total. The van der Waals surface area contributed by atoms with Gasteiger partial charge in [-0.05, 0) is 12.1 Å². The lowest BCUT2D eigenvalue weighted by atomic mass is 9.87. The van der Waals surface area contributed by atoms with Crippen molar-refractivity contribution in [2.24, 2.45) is 5.92 Å². The van der Waals surface area contributed by atoms with Crippen molar-refractivity contribution in [1.82, 2.24) is 9.88 Å². The molecule has 0 aromatic carbocycles. The average molecular weight is 366 g/mol. The molecule has 0 saturated carbocycles. The molecule has 2 amide bonds. The Kier molecular flexibility index (Phi) is 3.39. The number of thioether (sulfide) groups is 1. The molecule has 2 unspecified atom stereocenters. The molecule has 1 fully saturated rings. The van der Waals surface area contributed by atoms with Gasteiger partial charge in [0.2, 0.25) is 11.8 Å². The van der Waals surface area contributed by atoms with Crippen LogP contribution in [0.2, 0.25) is 0 Å². The number of carboxylic acid groups (broad SMARTS) is 1. The first-order valence-electron chi connectivity index (χ1n) is 6.97. The fraction of sp³-hybridized carbons (Fsp3) is 0.286. The van der Waals surface area contributed by atoms with Crippen LogP contribution in [0.4, 0.5) is 0 Å². The zero-order valence-corrected chi connectivity index (χ0v) is 13.6. The van der Waals surface area contributed by atoms with Gasteiger partial charge >= 0.3 is 10.8 Å². The van der Waals surface area contributed by atoms with Crippen molar-refractivity contribution in [2.45, 2.75) is 16.2 Å². The number of rotatable bonds is 3. The molecule has 4 heterocycles. The van der Waals surface area contributed by atoms with E-state index in [1.165, 1.54) is 6.26 Å². The molecule has 1 saturated heterocycles. The normalized spacial score (nSPS) is 25.7. The summed E-state index contributed by atoms with van der Waals surface area (Å²) >= 11 is 2.07. The first kappa shape index (κ1) is 15.2. The molecule has 10 heteroatoms. The zero-order valence-electron chi connectivity index (χ0n) is 11.9. The lowest BCUT2D eigenvalue weighted by Gasteiger charge is -2.27. The zero-order chi connectivity index (χ0) is 17.0. The number of carbonyl (C=O) groups is 3. The quantitative estimate of drug-likeness (QED) is 0.767. The number of aromatic nitrogens is 1. The van der Waals surface area contributed by atoms with Gasteiger partial charge in [0.1, 0.15) is 17.6 Å². The average Bonchev–Trinajstić information content (AvgIpc) is 3.21. The number of nitrogens with one attached hydrogen (secondary N) is 1. The van der Waals surface area contributed by atoms with E-state index in [0.717, 1.165) is 28.0 Å². The Morgan fingerprint density at radius 1 is 1.33 bits per heavy atom. The van der Waals surface area contributed by atoms with E-state index in [2.05, 4.69) is 4.98 Å². The number of imide groups is 1. The fourth-order valence-electron chi connectivity index (χ4n) is 3.14. The molecule has 0 spiro atoms. The van der Waals surface area contributed by atoms with Gasteiger partial charge in [-0.2, -0.15) is 0 Å². The minimum Gasteiger partial charge on any atom is -0.480 e. The Labute approximate surface area is 142 Å². The molecule has 2 aliphatic heterocycles. The topological polar surface area (TPSA) is 121 Å². The second-order valence-corrected chi connectivity index (χ2v) is 7.59. The van der Waals surface area contributed by atoms with Crippen molar-refractivity contribution in [3.8, 4) is 0 Å². The number of thiazole rings is 1. The molecular weight excluding hydrogens is 356 g/mol. The van der Waals surface area contributed by atoms with Crippen LogP contribution in [0.3, 0.4) is 0 Å². The standard InChI is InChI=1S/C14H10N2O6S2/c17-6(18)4-16-12(19)8-7(5-2-1-3-22-5)9-11(15-14(21)24-9)23-10(8)13(16)20/h1-3,7-8,10H,4H2,(H,15,21)(H,17,18)/t7-,8?,10?/m0/s1. The lowest BCUT2D eigenvalue weighted by Crippen LogP contribution is -2.36. The first-order chi connectivity index (χ1) is 11.5. The van der Waals surface area contributed by atoms with E-state index >= 15 is 0 Å². The van der Waals surface area contributed by atoms with Gasteiger partial charge in [0.25, 0.3) is 0 Å². The van der Waals surface area contributed by atoms with Gasteiger partial charge in [-0.3, -0.25) is 24.1 Å². The Bertz CT molecular complexity index is 899. The van der Waals surface area contributed by atoms with Crippen molar-refractivity contribution in [3.63, 3.8) is 0 Å². The second kappa shape index (κ2) is 5.35. The molecule has 2 aromatic heterocycles. The molecule has 0 bridgehead atoms. The van der Waals surface area contributed by atoms with Gasteiger partial charge in [0.05, 0.1) is 28.0 Å². The van der Waals surface area contributed by atoms with E-state index in [1.54, 1.807) is 12.1 Å². The molecule has 2 aliphatic rings. The number of likely N-dealkylation sites (tertiary alicyclic amines) is 1. The van der Waals surface area contributed by atoms with Gasteiger partial charge < -0.3 is 14.5 Å². The van der Waals surface area contributed by atoms with E-state index < -0.39 is 41.4 Å². The van der Waals surface area contributed by atoms with Gasteiger partial charge in [0, 0.05) is 0 Å². The maximum absolute atomic E-state index is 12.7. The van der Waals surface area contributed by atoms with Crippen molar-refractivity contribution in [2.75, 3.05) is 6.54 Å². The Morgan fingerprint density at radius 3 is 2.79 bits per heavy atom. The number of nitrogens with zero attached hydrogens (tertiary/aromatic N) is 1. The minimum atomic E-state index is -1.25. The van der Waals surface area contributed by atoms with E-state index in [4.69, 9.17) is 9.52 Å². The fourth-order valence-corrected chi connectivity index (χ4v) is 5.66. The first-order valence-corrected chi connectivity index (χ1v) is 8.67. The number of aliphatic carboxylic acids is 1. The highest BCUT2D eigenvalue weighted by Crippen LogP contribution is 2.52. The summed E-state index contributed by atoms with van der Waals surface area (Å²) in [5.74, 6) is -3.25. The lowest BCUT2D eigenvalue weighted by molar-refractivity contribution is -0.149. The maximum Gasteiger partial charge on any atom is 0.323 e. The van der Waals surface area contributed by atoms with Crippen LogP contribution in [0.15, 0.2) is 32.6 Å². The van der Waals surface area contributed by atoms with Crippen molar-refractivity contribution >= 4 is 40.9 Å². The summed E-state index contributed by atoms with van der Waals surface area (Å²) in [4.78, 5) is 51.7. The number of hydrogen-bond donors (Lipinski definition) is 2. The minimum absolute atomic E-state index is 0.272. The summed E-state index contributed by atoms with van der Waals surface area (Å²) in [6.45, 7) is -0.666. The highest BCUT2D eigenvalue weighted by atomic mass is 32.2. The van der Waals surface area contributed by atoms with Crippen molar-refractivity contribution in [1.29, 1.82) is 0 Å². The molecule has 124 valence electrons. The summed E-state index contributed by atoms with van der Waals surface area (Å²) in [5.41, 5.74) is 0. The molecule has 24 heavy (non-hydrogen) atoms. The summed E-state index contributed by atoms with van der Waals surface area (Å²) < 4.78 is 5.43. The highest BCUT2D eigenvalue weighted by Gasteiger charge is 2.56. The number of carbonyl (C=O) groups excluding carboxylic acids is 2. The number of aromatic amines is 1. The monoisotopic (exact) mass is 366 g/mol. The number of furan rings is 1. The van der Waals surface area contributed by atoms with E-state index in [0.29, 0.717) is 15.7 Å². The third kappa shape index (κ3) is 2.13. The van der Waals surface area contributed by atoms with Gasteiger partial charge in [-0.15, -0.1) is 0 Å². The van der Waals surface area contributed by atoms with E-state index in [1.807, 2.05) is 0 Å². The number of H-pyrrole nitrogens is 1. The third-order valence-electron chi connectivity index (χ3n) is 4.06. The molecule has 2 aromatic rings. The smallest absolute Gasteiger partial charge is 0.323 e. The van der Waals surface area contributed by atoms with Gasteiger partial charge in [-0.25, -0.2) is 0 Å². The van der Waals surface area contributed by atoms with E-state index in [-0.39, 0.29) is 4.87 Å². The largest absolute Gasteiger partial charge is 0.480 e. The molecule has 8 nitrogen and oxygen atoms in total. The van der Waals surface area contributed by atoms with Crippen LogP contribution >= 0.6 is 23.1 Å². The number of amides is 2. The maximum atomic E-state index is 12.7. The van der Waals surface area contributed by atoms with Crippen LogP contribution < -0.4 is 4.87 Å². The summed E-state index contributed by atoms with van der Waals surface area (Å²) in [6, 6.07) is 3.35. The van der Waals surface area contributed by atoms with Crippen molar-refractivity contribution in [3.05, 3.63) is 38.7 Å². The summed E-state index contributed by atoms with van der Waals surface area (Å²) in [7, 11) is 0. The Balaban J connectivity index is 1.84. The summed E-state index contributed by atoms with van der Waals surface area (Å²) in [5, 5.41) is 8.71. The number of carboxylic acids is 1. The van der Waals surface area contributed by atoms with Gasteiger partial charge in [-0.1, -0.05) is 23.1 Å². The molecule has 0 radical (unpaired) electrons. The number of hydrogen-bond acceptors (Lipinski definition) is 7. The van der Waals surface area contributed by atoms with Crippen LogP contribution in [0.25, 0.3) is 0 Å². The predicted octanol–water partition coefficient (Wildman–Crippen LogP) is 0.705. The third-order valence-corrected chi connectivity index (χ3v) is 6.46. The molecule has 3 atom stereocenters. The van der Waals surface area contributed by atoms with E-state index in [9.17, 15) is 19.2 Å². The Morgan fingerprint density at radius 2 is 2.12 bits per heavy atom. The molecule has 0 aliphatic carbocycles. The summed E-state index contributed by atoms with van der Waals surface area (Å²) in [6.07, 6.45) is 1.46. The van der Waals surface area contributed by atoms with Crippen molar-refractivity contribution < 1.29 is 23.9 Å². The van der Waals surface area contributed by atoms with Crippen LogP contribution in [0.5, 0.6) is 0 Å².